The lowest BCUT2D eigenvalue weighted by atomic mass is 9.87. The third-order valence-electron chi connectivity index (χ3n) is 3.77. The summed E-state index contributed by atoms with van der Waals surface area (Å²) < 4.78 is 18.0. The first-order valence-corrected chi connectivity index (χ1v) is 4.62. The summed E-state index contributed by atoms with van der Waals surface area (Å²) in [5, 5.41) is 0. The molecule has 1 heterocycles. The van der Waals surface area contributed by atoms with E-state index in [1.54, 1.807) is 0 Å². The van der Waals surface area contributed by atoms with E-state index >= 15 is 0 Å². The van der Waals surface area contributed by atoms with Crippen LogP contribution in [0, 0.1) is 10.8 Å². The van der Waals surface area contributed by atoms with Gasteiger partial charge in [-0.15, -0.1) is 12.4 Å². The lowest BCUT2D eigenvalue weighted by molar-refractivity contribution is 0.0385. The summed E-state index contributed by atoms with van der Waals surface area (Å²) in [6, 6.07) is 0. The zero-order valence-corrected chi connectivity index (χ0v) is 8.54. The van der Waals surface area contributed by atoms with Gasteiger partial charge >= 0.3 is 0 Å². The zero-order valence-electron chi connectivity index (χ0n) is 7.72. The average molecular weight is 210 g/mol. The molecule has 2 N–H and O–H groups in total. The molecule has 2 rings (SSSR count). The molecule has 1 saturated carbocycles. The van der Waals surface area contributed by atoms with E-state index < -0.39 is 0 Å². The van der Waals surface area contributed by atoms with E-state index in [2.05, 4.69) is 0 Å². The Labute approximate surface area is 84.4 Å². The SMILES string of the molecule is Cl.NCC1(CF)CC12CCOCC2. The maximum Gasteiger partial charge on any atom is 0.0968 e. The van der Waals surface area contributed by atoms with Crippen molar-refractivity contribution in [2.75, 3.05) is 26.4 Å². The molecule has 1 aliphatic carbocycles. The molecule has 0 radical (unpaired) electrons. The Kier molecular flexibility index (Phi) is 3.20. The molecule has 1 saturated heterocycles. The van der Waals surface area contributed by atoms with Gasteiger partial charge in [0.2, 0.25) is 0 Å². The first-order chi connectivity index (χ1) is 5.79. The molecule has 13 heavy (non-hydrogen) atoms. The summed E-state index contributed by atoms with van der Waals surface area (Å²) in [5.41, 5.74) is 5.65. The highest BCUT2D eigenvalue weighted by Gasteiger charge is 2.66. The largest absolute Gasteiger partial charge is 0.381 e. The summed E-state index contributed by atoms with van der Waals surface area (Å²) >= 11 is 0. The fourth-order valence-corrected chi connectivity index (χ4v) is 2.61. The van der Waals surface area contributed by atoms with Gasteiger partial charge in [0.25, 0.3) is 0 Å². The number of nitrogens with two attached hydrogens (primary N) is 1. The lowest BCUT2D eigenvalue weighted by Crippen LogP contribution is -2.30. The molecule has 1 unspecified atom stereocenters. The Hall–Kier alpha value is 0.140. The van der Waals surface area contributed by atoms with Crippen molar-refractivity contribution in [2.24, 2.45) is 16.6 Å². The van der Waals surface area contributed by atoms with Crippen LogP contribution in [0.15, 0.2) is 0 Å². The van der Waals surface area contributed by atoms with Crippen LogP contribution in [0.1, 0.15) is 19.3 Å². The van der Waals surface area contributed by atoms with Gasteiger partial charge < -0.3 is 10.5 Å². The van der Waals surface area contributed by atoms with Gasteiger partial charge in [0.1, 0.15) is 0 Å². The summed E-state index contributed by atoms with van der Waals surface area (Å²) in [6.07, 6.45) is 3.00. The van der Waals surface area contributed by atoms with Crippen molar-refractivity contribution in [1.29, 1.82) is 0 Å². The van der Waals surface area contributed by atoms with Gasteiger partial charge in [0.05, 0.1) is 6.67 Å². The maximum absolute atomic E-state index is 12.7. The third kappa shape index (κ3) is 1.47. The van der Waals surface area contributed by atoms with Crippen molar-refractivity contribution in [2.45, 2.75) is 19.3 Å². The van der Waals surface area contributed by atoms with Crippen molar-refractivity contribution < 1.29 is 9.13 Å². The summed E-state index contributed by atoms with van der Waals surface area (Å²) in [7, 11) is 0. The maximum atomic E-state index is 12.7. The van der Waals surface area contributed by atoms with Crippen molar-refractivity contribution in [3.05, 3.63) is 0 Å². The van der Waals surface area contributed by atoms with Gasteiger partial charge in [-0.2, -0.15) is 0 Å². The third-order valence-corrected chi connectivity index (χ3v) is 3.77. The molecule has 1 spiro atoms. The lowest BCUT2D eigenvalue weighted by Gasteiger charge is -2.26. The minimum absolute atomic E-state index is 0. The molecule has 1 aliphatic heterocycles. The number of hydrogen-bond acceptors (Lipinski definition) is 2. The quantitative estimate of drug-likeness (QED) is 0.749. The van der Waals surface area contributed by atoms with Gasteiger partial charge in [-0.25, -0.2) is 0 Å². The molecule has 0 aromatic rings. The van der Waals surface area contributed by atoms with Crippen LogP contribution in [-0.2, 0) is 4.74 Å². The minimum Gasteiger partial charge on any atom is -0.381 e. The van der Waals surface area contributed by atoms with Crippen LogP contribution in [0.4, 0.5) is 4.39 Å². The molecule has 0 aromatic carbocycles. The predicted octanol–water partition coefficient (Wildman–Crippen LogP) is 1.52. The molecule has 0 amide bonds. The van der Waals surface area contributed by atoms with Gasteiger partial charge in [-0.3, -0.25) is 4.39 Å². The monoisotopic (exact) mass is 209 g/mol. The standard InChI is InChI=1S/C9H16FNO.ClH/c10-6-9(7-11)5-8(9)1-3-12-4-2-8;/h1-7,11H2;1H. The van der Waals surface area contributed by atoms with Crippen molar-refractivity contribution in [3.8, 4) is 0 Å². The molecule has 0 bridgehead atoms. The van der Waals surface area contributed by atoms with E-state index in [4.69, 9.17) is 10.5 Å². The van der Waals surface area contributed by atoms with Crippen LogP contribution in [0.2, 0.25) is 0 Å². The van der Waals surface area contributed by atoms with E-state index in [9.17, 15) is 4.39 Å². The van der Waals surface area contributed by atoms with Crippen molar-refractivity contribution >= 4 is 12.4 Å². The van der Waals surface area contributed by atoms with Crippen LogP contribution in [0.25, 0.3) is 0 Å². The normalized spacial score (nSPS) is 35.5. The van der Waals surface area contributed by atoms with Gasteiger partial charge in [0, 0.05) is 25.2 Å². The van der Waals surface area contributed by atoms with Crippen LogP contribution >= 0.6 is 12.4 Å². The smallest absolute Gasteiger partial charge is 0.0968 e. The molecular weight excluding hydrogens is 193 g/mol. The number of ether oxygens (including phenoxy) is 1. The van der Waals surface area contributed by atoms with E-state index in [0.717, 1.165) is 32.5 Å². The number of halogens is 2. The molecule has 4 heteroatoms. The number of rotatable bonds is 2. The Morgan fingerprint density at radius 2 is 1.92 bits per heavy atom. The van der Waals surface area contributed by atoms with Crippen molar-refractivity contribution in [3.63, 3.8) is 0 Å². The molecular formula is C9H17ClFNO. The fraction of sp³-hybridized carbons (Fsp3) is 1.00. The Bertz CT molecular complexity index is 178. The van der Waals surface area contributed by atoms with Crippen LogP contribution in [-0.4, -0.2) is 26.4 Å². The van der Waals surface area contributed by atoms with Gasteiger partial charge in [-0.05, 0) is 24.7 Å². The highest BCUT2D eigenvalue weighted by atomic mass is 35.5. The Morgan fingerprint density at radius 3 is 2.31 bits per heavy atom. The molecule has 78 valence electrons. The van der Waals surface area contributed by atoms with Crippen LogP contribution in [0.3, 0.4) is 0 Å². The zero-order chi connectivity index (χ0) is 8.66. The van der Waals surface area contributed by atoms with E-state index in [1.165, 1.54) is 0 Å². The topological polar surface area (TPSA) is 35.2 Å². The second-order valence-electron chi connectivity index (χ2n) is 4.19. The van der Waals surface area contributed by atoms with E-state index in [-0.39, 0.29) is 29.9 Å². The molecule has 1 atom stereocenters. The van der Waals surface area contributed by atoms with Crippen molar-refractivity contribution in [1.82, 2.24) is 0 Å². The van der Waals surface area contributed by atoms with Gasteiger partial charge in [-0.1, -0.05) is 0 Å². The first-order valence-electron chi connectivity index (χ1n) is 4.62. The Morgan fingerprint density at radius 1 is 1.31 bits per heavy atom. The highest BCUT2D eigenvalue weighted by molar-refractivity contribution is 5.85. The molecule has 2 fully saturated rings. The summed E-state index contributed by atoms with van der Waals surface area (Å²) in [4.78, 5) is 0. The number of alkyl halides is 1. The molecule has 2 nitrogen and oxygen atoms in total. The fourth-order valence-electron chi connectivity index (χ4n) is 2.61. The summed E-state index contributed by atoms with van der Waals surface area (Å²) in [6.45, 7) is 1.84. The van der Waals surface area contributed by atoms with E-state index in [0.29, 0.717) is 6.54 Å². The second-order valence-corrected chi connectivity index (χ2v) is 4.19. The summed E-state index contributed by atoms with van der Waals surface area (Å²) in [5.74, 6) is 0. The second kappa shape index (κ2) is 3.71. The minimum atomic E-state index is -0.247. The van der Waals surface area contributed by atoms with E-state index in [1.807, 2.05) is 0 Å². The first kappa shape index (κ1) is 11.2. The number of hydrogen-bond donors (Lipinski definition) is 1. The molecule has 0 aromatic heterocycles. The van der Waals surface area contributed by atoms with Crippen LogP contribution in [0.5, 0.6) is 0 Å². The van der Waals surface area contributed by atoms with Crippen LogP contribution < -0.4 is 5.73 Å². The highest BCUT2D eigenvalue weighted by Crippen LogP contribution is 2.68. The molecule has 2 aliphatic rings. The average Bonchev–Trinajstić information content (AvgIpc) is 2.75. The Balaban J connectivity index is 0.000000845. The van der Waals surface area contributed by atoms with Gasteiger partial charge in [0.15, 0.2) is 0 Å². The predicted molar refractivity (Wildman–Crippen MR) is 51.8 cm³/mol.